The lowest BCUT2D eigenvalue weighted by atomic mass is 10.1. The minimum absolute atomic E-state index is 0.0772. The number of hydrogen-bond donors (Lipinski definition) is 2. The van der Waals surface area contributed by atoms with Gasteiger partial charge in [-0.05, 0) is 30.9 Å². The zero-order valence-corrected chi connectivity index (χ0v) is 10.7. The van der Waals surface area contributed by atoms with Crippen LogP contribution in [0.25, 0.3) is 10.9 Å². The monoisotopic (exact) mass is 255 g/mol. The summed E-state index contributed by atoms with van der Waals surface area (Å²) in [7, 11) is 0. The van der Waals surface area contributed by atoms with Gasteiger partial charge < -0.3 is 11.1 Å². The van der Waals surface area contributed by atoms with Crippen molar-refractivity contribution in [1.82, 2.24) is 10.3 Å². The van der Waals surface area contributed by atoms with Gasteiger partial charge >= 0.3 is 0 Å². The van der Waals surface area contributed by atoms with Crippen molar-refractivity contribution in [2.75, 3.05) is 6.54 Å². The van der Waals surface area contributed by atoms with E-state index in [9.17, 15) is 4.79 Å². The Balaban J connectivity index is 1.88. The molecule has 4 nitrogen and oxygen atoms in total. The molecule has 1 saturated carbocycles. The molecule has 3 rings (SSSR count). The van der Waals surface area contributed by atoms with Crippen molar-refractivity contribution >= 4 is 16.8 Å². The first kappa shape index (κ1) is 12.1. The zero-order valence-electron chi connectivity index (χ0n) is 10.7. The van der Waals surface area contributed by atoms with E-state index in [0.29, 0.717) is 18.0 Å². The fourth-order valence-electron chi connectivity index (χ4n) is 2.40. The number of nitrogens with zero attached hydrogens (tertiary/aromatic N) is 1. The molecule has 0 bridgehead atoms. The Morgan fingerprint density at radius 3 is 2.89 bits per heavy atom. The summed E-state index contributed by atoms with van der Waals surface area (Å²) < 4.78 is 0. The van der Waals surface area contributed by atoms with E-state index in [0.717, 1.165) is 23.7 Å². The summed E-state index contributed by atoms with van der Waals surface area (Å²) in [4.78, 5) is 16.7. The molecule has 2 aromatic rings. The summed E-state index contributed by atoms with van der Waals surface area (Å²) in [6.07, 6.45) is 4.03. The molecule has 1 unspecified atom stereocenters. The van der Waals surface area contributed by atoms with Crippen LogP contribution in [0.5, 0.6) is 0 Å². The second-order valence-corrected chi connectivity index (χ2v) is 5.03. The van der Waals surface area contributed by atoms with Crippen LogP contribution in [0.2, 0.25) is 0 Å². The third-order valence-electron chi connectivity index (χ3n) is 3.64. The molecule has 1 amide bonds. The topological polar surface area (TPSA) is 68.0 Å². The van der Waals surface area contributed by atoms with Crippen LogP contribution in [-0.4, -0.2) is 23.5 Å². The molecular formula is C15H17N3O. The van der Waals surface area contributed by atoms with Crippen molar-refractivity contribution in [2.24, 2.45) is 11.7 Å². The fraction of sp³-hybridized carbons (Fsp3) is 0.333. The normalized spacial score (nSPS) is 16.3. The molecule has 1 aromatic heterocycles. The first-order valence-electron chi connectivity index (χ1n) is 6.64. The van der Waals surface area contributed by atoms with E-state index in [2.05, 4.69) is 10.3 Å². The number of fused-ring (bicyclic) bond motifs is 1. The van der Waals surface area contributed by atoms with Crippen LogP contribution in [0.4, 0.5) is 0 Å². The van der Waals surface area contributed by atoms with E-state index in [1.54, 1.807) is 6.20 Å². The fourth-order valence-corrected chi connectivity index (χ4v) is 2.40. The Labute approximate surface area is 112 Å². The predicted octanol–water partition coefficient (Wildman–Crippen LogP) is 1.70. The number of nitrogens with one attached hydrogen (secondary N) is 1. The number of aromatic nitrogens is 1. The SMILES string of the molecule is NCC(NC(=O)c1cccc2cccnc12)C1CC1. The number of amides is 1. The lowest BCUT2D eigenvalue weighted by Gasteiger charge is -2.16. The summed E-state index contributed by atoms with van der Waals surface area (Å²) >= 11 is 0. The average Bonchev–Trinajstić information content (AvgIpc) is 3.28. The van der Waals surface area contributed by atoms with Crippen LogP contribution in [0, 0.1) is 5.92 Å². The molecule has 1 fully saturated rings. The maximum Gasteiger partial charge on any atom is 0.253 e. The van der Waals surface area contributed by atoms with Gasteiger partial charge in [-0.15, -0.1) is 0 Å². The summed E-state index contributed by atoms with van der Waals surface area (Å²) in [6, 6.07) is 9.57. The highest BCUT2D eigenvalue weighted by molar-refractivity contribution is 6.05. The second kappa shape index (κ2) is 4.97. The maximum absolute atomic E-state index is 12.4. The highest BCUT2D eigenvalue weighted by Crippen LogP contribution is 2.32. The Morgan fingerprint density at radius 1 is 1.37 bits per heavy atom. The average molecular weight is 255 g/mol. The molecule has 3 N–H and O–H groups in total. The van der Waals surface area contributed by atoms with Crippen LogP contribution in [0.15, 0.2) is 36.5 Å². The molecule has 1 aromatic carbocycles. The quantitative estimate of drug-likeness (QED) is 0.873. The first-order chi connectivity index (χ1) is 9.29. The van der Waals surface area contributed by atoms with Crippen molar-refractivity contribution in [1.29, 1.82) is 0 Å². The predicted molar refractivity (Wildman–Crippen MR) is 74.8 cm³/mol. The Bertz CT molecular complexity index is 602. The van der Waals surface area contributed by atoms with Crippen molar-refractivity contribution in [3.8, 4) is 0 Å². The van der Waals surface area contributed by atoms with Gasteiger partial charge in [0.2, 0.25) is 0 Å². The van der Waals surface area contributed by atoms with Crippen molar-refractivity contribution in [3.05, 3.63) is 42.1 Å². The molecular weight excluding hydrogens is 238 g/mol. The van der Waals surface area contributed by atoms with Crippen molar-refractivity contribution < 1.29 is 4.79 Å². The Hall–Kier alpha value is -1.94. The van der Waals surface area contributed by atoms with Gasteiger partial charge in [0.05, 0.1) is 11.1 Å². The van der Waals surface area contributed by atoms with Crippen molar-refractivity contribution in [3.63, 3.8) is 0 Å². The zero-order chi connectivity index (χ0) is 13.2. The van der Waals surface area contributed by atoms with Gasteiger partial charge in [0, 0.05) is 24.2 Å². The molecule has 0 aliphatic heterocycles. The summed E-state index contributed by atoms with van der Waals surface area (Å²) in [6.45, 7) is 0.495. The number of benzene rings is 1. The van der Waals surface area contributed by atoms with E-state index in [1.165, 1.54) is 0 Å². The minimum atomic E-state index is -0.0772. The Kier molecular flexibility index (Phi) is 3.17. The molecule has 1 aliphatic carbocycles. The highest BCUT2D eigenvalue weighted by Gasteiger charge is 2.31. The number of hydrogen-bond acceptors (Lipinski definition) is 3. The standard InChI is InChI=1S/C15H17N3O/c16-9-13(10-6-7-10)18-15(19)12-5-1-3-11-4-2-8-17-14(11)12/h1-5,8,10,13H,6-7,9,16H2,(H,18,19). The van der Waals surface area contributed by atoms with E-state index in [1.807, 2.05) is 30.3 Å². The maximum atomic E-state index is 12.4. The molecule has 1 atom stereocenters. The van der Waals surface area contributed by atoms with E-state index < -0.39 is 0 Å². The van der Waals surface area contributed by atoms with Crippen LogP contribution in [0.3, 0.4) is 0 Å². The van der Waals surface area contributed by atoms with E-state index >= 15 is 0 Å². The van der Waals surface area contributed by atoms with Crippen LogP contribution < -0.4 is 11.1 Å². The van der Waals surface area contributed by atoms with Gasteiger partial charge in [-0.2, -0.15) is 0 Å². The van der Waals surface area contributed by atoms with Gasteiger partial charge in [-0.3, -0.25) is 9.78 Å². The van der Waals surface area contributed by atoms with E-state index in [-0.39, 0.29) is 11.9 Å². The smallest absolute Gasteiger partial charge is 0.253 e. The molecule has 0 radical (unpaired) electrons. The number of nitrogens with two attached hydrogens (primary N) is 1. The third-order valence-corrected chi connectivity index (χ3v) is 3.64. The summed E-state index contributed by atoms with van der Waals surface area (Å²) in [5, 5.41) is 4.01. The molecule has 98 valence electrons. The first-order valence-corrected chi connectivity index (χ1v) is 6.64. The molecule has 19 heavy (non-hydrogen) atoms. The van der Waals surface area contributed by atoms with E-state index in [4.69, 9.17) is 5.73 Å². The molecule has 0 spiro atoms. The van der Waals surface area contributed by atoms with Gasteiger partial charge in [-0.25, -0.2) is 0 Å². The minimum Gasteiger partial charge on any atom is -0.348 e. The van der Waals surface area contributed by atoms with Gasteiger partial charge in [-0.1, -0.05) is 18.2 Å². The molecule has 1 heterocycles. The molecule has 4 heteroatoms. The van der Waals surface area contributed by atoms with Crippen LogP contribution in [0.1, 0.15) is 23.2 Å². The molecule has 0 saturated heterocycles. The summed E-state index contributed by atoms with van der Waals surface area (Å²) in [5.41, 5.74) is 7.09. The van der Waals surface area contributed by atoms with Gasteiger partial charge in [0.25, 0.3) is 5.91 Å². The highest BCUT2D eigenvalue weighted by atomic mass is 16.1. The lowest BCUT2D eigenvalue weighted by molar-refractivity contribution is 0.0935. The molecule has 1 aliphatic rings. The number of para-hydroxylation sites is 1. The third kappa shape index (κ3) is 2.44. The second-order valence-electron chi connectivity index (χ2n) is 5.03. The number of carbonyl (C=O) groups is 1. The largest absolute Gasteiger partial charge is 0.348 e. The van der Waals surface area contributed by atoms with Gasteiger partial charge in [0.1, 0.15) is 0 Å². The van der Waals surface area contributed by atoms with Crippen LogP contribution in [-0.2, 0) is 0 Å². The van der Waals surface area contributed by atoms with Crippen LogP contribution >= 0.6 is 0 Å². The van der Waals surface area contributed by atoms with Crippen molar-refractivity contribution in [2.45, 2.75) is 18.9 Å². The number of carbonyl (C=O) groups excluding carboxylic acids is 1. The van der Waals surface area contributed by atoms with Gasteiger partial charge in [0.15, 0.2) is 0 Å². The summed E-state index contributed by atoms with van der Waals surface area (Å²) in [5.74, 6) is 0.475. The number of pyridine rings is 1. The Morgan fingerprint density at radius 2 is 2.16 bits per heavy atom. The lowest BCUT2D eigenvalue weighted by Crippen LogP contribution is -2.41. The number of rotatable bonds is 4.